The quantitative estimate of drug-likeness (QED) is 0.408. The molecule has 0 spiro atoms. The average molecular weight is 473 g/mol. The Morgan fingerprint density at radius 3 is 2.58 bits per heavy atom. The van der Waals surface area contributed by atoms with Crippen LogP contribution in [-0.4, -0.2) is 37.7 Å². The normalized spacial score (nSPS) is 10.7. The van der Waals surface area contributed by atoms with E-state index >= 15 is 0 Å². The minimum Gasteiger partial charge on any atom is -0.496 e. The van der Waals surface area contributed by atoms with Gasteiger partial charge in [-0.2, -0.15) is 0 Å². The Labute approximate surface area is 196 Å². The van der Waals surface area contributed by atoms with Crippen molar-refractivity contribution < 1.29 is 23.9 Å². The first-order valence-corrected chi connectivity index (χ1v) is 10.5. The molecule has 0 saturated carbocycles. The molecule has 3 rings (SSSR count). The van der Waals surface area contributed by atoms with Crippen LogP contribution in [0.5, 0.6) is 17.2 Å². The van der Waals surface area contributed by atoms with Gasteiger partial charge in [0.05, 0.1) is 35.5 Å². The Morgan fingerprint density at radius 2 is 1.91 bits per heavy atom. The Hall–Kier alpha value is -3.56. The van der Waals surface area contributed by atoms with Crippen LogP contribution in [0.15, 0.2) is 42.6 Å². The smallest absolute Gasteiger partial charge is 0.319 e. The third kappa shape index (κ3) is 6.03. The van der Waals surface area contributed by atoms with E-state index in [4.69, 9.17) is 25.9 Å². The fourth-order valence-corrected chi connectivity index (χ4v) is 3.10. The summed E-state index contributed by atoms with van der Waals surface area (Å²) in [6.45, 7) is 4.33. The first kappa shape index (κ1) is 24.1. The molecule has 33 heavy (non-hydrogen) atoms. The molecule has 3 N–H and O–H groups in total. The summed E-state index contributed by atoms with van der Waals surface area (Å²) in [4.78, 5) is 33.8. The van der Waals surface area contributed by atoms with Crippen molar-refractivity contribution in [2.75, 3.05) is 26.1 Å². The van der Waals surface area contributed by atoms with E-state index in [0.29, 0.717) is 45.5 Å². The number of pyridine rings is 1. The number of ether oxygens (including phenoxy) is 2. The molecule has 0 saturated heterocycles. The van der Waals surface area contributed by atoms with Crippen molar-refractivity contribution in [1.82, 2.24) is 15.8 Å². The van der Waals surface area contributed by atoms with Crippen molar-refractivity contribution in [3.63, 3.8) is 0 Å². The molecule has 0 aliphatic carbocycles. The van der Waals surface area contributed by atoms with Gasteiger partial charge in [-0.25, -0.2) is 10.3 Å². The number of carbonyl (C=O) groups is 2. The van der Waals surface area contributed by atoms with Crippen LogP contribution in [0.1, 0.15) is 24.2 Å². The van der Waals surface area contributed by atoms with Crippen molar-refractivity contribution in [2.24, 2.45) is 5.92 Å². The highest BCUT2D eigenvalue weighted by Gasteiger charge is 2.17. The Kier molecular flexibility index (Phi) is 7.92. The molecular formula is C23H25ClN4O5. The van der Waals surface area contributed by atoms with Gasteiger partial charge in [0, 0.05) is 30.8 Å². The fourth-order valence-electron chi connectivity index (χ4n) is 2.88. The topological polar surface area (TPSA) is 111 Å². The molecule has 0 aliphatic rings. The molecule has 0 bridgehead atoms. The van der Waals surface area contributed by atoms with Crippen molar-refractivity contribution in [3.05, 3.63) is 53.2 Å². The number of aromatic nitrogens is 1. The molecule has 10 heteroatoms. The van der Waals surface area contributed by atoms with E-state index in [-0.39, 0.29) is 17.5 Å². The number of nitrogens with one attached hydrogen (secondary N) is 3. The zero-order valence-electron chi connectivity index (χ0n) is 18.7. The number of carbonyl (C=O) groups excluding carboxylic acids is 2. The number of rotatable bonds is 8. The van der Waals surface area contributed by atoms with Gasteiger partial charge in [-0.3, -0.25) is 14.6 Å². The fraction of sp³-hybridized carbons (Fsp3) is 0.261. The second kappa shape index (κ2) is 10.8. The number of benzene rings is 2. The van der Waals surface area contributed by atoms with Crippen molar-refractivity contribution in [1.29, 1.82) is 0 Å². The van der Waals surface area contributed by atoms with Gasteiger partial charge >= 0.3 is 6.03 Å². The minimum atomic E-state index is -0.447. The third-order valence-electron chi connectivity index (χ3n) is 4.49. The Balaban J connectivity index is 1.91. The molecule has 0 radical (unpaired) electrons. The molecule has 0 unspecified atom stereocenters. The van der Waals surface area contributed by atoms with E-state index in [1.807, 2.05) is 13.8 Å². The number of hydrogen-bond donors (Lipinski definition) is 3. The number of methoxy groups -OCH3 is 1. The summed E-state index contributed by atoms with van der Waals surface area (Å²) in [5.74, 6) is 1.07. The van der Waals surface area contributed by atoms with Crippen LogP contribution in [0.25, 0.3) is 10.9 Å². The standard InChI is InChI=1S/C23H25ClN4O5/c1-13(2)12-32-28-22(29)16-10-15-19(11-21(16)31-4)26-8-7-20(15)33-14-5-6-18(17(24)9-14)27-23(30)25-3/h5-11,13H,12H2,1-4H3,(H,28,29)(H2,25,27,30). The highest BCUT2D eigenvalue weighted by atomic mass is 35.5. The van der Waals surface area contributed by atoms with Crippen LogP contribution in [0.3, 0.4) is 0 Å². The number of halogens is 1. The lowest BCUT2D eigenvalue weighted by Crippen LogP contribution is -2.26. The summed E-state index contributed by atoms with van der Waals surface area (Å²) in [5, 5.41) is 5.98. The summed E-state index contributed by atoms with van der Waals surface area (Å²) < 4.78 is 11.4. The molecule has 0 aliphatic heterocycles. The summed E-state index contributed by atoms with van der Waals surface area (Å²) in [6.07, 6.45) is 1.59. The number of hydrogen-bond acceptors (Lipinski definition) is 6. The predicted octanol–water partition coefficient (Wildman–Crippen LogP) is 4.76. The molecular weight excluding hydrogens is 448 g/mol. The number of urea groups is 1. The van der Waals surface area contributed by atoms with Gasteiger partial charge in [0.25, 0.3) is 5.91 Å². The van der Waals surface area contributed by atoms with Crippen molar-refractivity contribution in [2.45, 2.75) is 13.8 Å². The van der Waals surface area contributed by atoms with E-state index in [9.17, 15) is 9.59 Å². The van der Waals surface area contributed by atoms with Crippen LogP contribution in [0, 0.1) is 5.92 Å². The number of nitrogens with zero attached hydrogens (tertiary/aromatic N) is 1. The van der Waals surface area contributed by atoms with Gasteiger partial charge in [0.1, 0.15) is 17.2 Å². The monoisotopic (exact) mass is 472 g/mol. The van der Waals surface area contributed by atoms with E-state index in [0.717, 1.165) is 0 Å². The Morgan fingerprint density at radius 1 is 1.12 bits per heavy atom. The van der Waals surface area contributed by atoms with Crippen LogP contribution in [0.4, 0.5) is 10.5 Å². The van der Waals surface area contributed by atoms with Gasteiger partial charge in [-0.15, -0.1) is 0 Å². The van der Waals surface area contributed by atoms with Gasteiger partial charge in [0.15, 0.2) is 0 Å². The molecule has 3 aromatic rings. The molecule has 0 fully saturated rings. The maximum absolute atomic E-state index is 12.7. The lowest BCUT2D eigenvalue weighted by Gasteiger charge is -2.14. The van der Waals surface area contributed by atoms with Crippen LogP contribution in [0.2, 0.25) is 5.02 Å². The highest BCUT2D eigenvalue weighted by Crippen LogP contribution is 2.35. The van der Waals surface area contributed by atoms with Gasteiger partial charge < -0.3 is 20.1 Å². The SMILES string of the molecule is CNC(=O)Nc1ccc(Oc2ccnc3cc(OC)c(C(=O)NOCC(C)C)cc23)cc1Cl. The first-order chi connectivity index (χ1) is 15.8. The van der Waals surface area contributed by atoms with E-state index < -0.39 is 5.91 Å². The maximum atomic E-state index is 12.7. The molecule has 0 atom stereocenters. The lowest BCUT2D eigenvalue weighted by molar-refractivity contribution is 0.0207. The number of anilines is 1. The molecule has 3 amide bonds. The summed E-state index contributed by atoms with van der Waals surface area (Å²) >= 11 is 6.27. The van der Waals surface area contributed by atoms with Crippen molar-refractivity contribution >= 4 is 40.1 Å². The average Bonchev–Trinajstić information content (AvgIpc) is 2.79. The van der Waals surface area contributed by atoms with E-state index in [1.165, 1.54) is 14.2 Å². The Bertz CT molecular complexity index is 1170. The summed E-state index contributed by atoms with van der Waals surface area (Å²) in [5.41, 5.74) is 3.72. The van der Waals surface area contributed by atoms with E-state index in [1.54, 1.807) is 42.6 Å². The zero-order chi connectivity index (χ0) is 24.0. The minimum absolute atomic E-state index is 0.262. The first-order valence-electron chi connectivity index (χ1n) is 10.2. The summed E-state index contributed by atoms with van der Waals surface area (Å²) in [7, 11) is 2.99. The largest absolute Gasteiger partial charge is 0.496 e. The molecule has 2 aromatic carbocycles. The number of amides is 3. The maximum Gasteiger partial charge on any atom is 0.319 e. The second-order valence-corrected chi connectivity index (χ2v) is 7.87. The number of hydroxylamine groups is 1. The third-order valence-corrected chi connectivity index (χ3v) is 4.81. The lowest BCUT2D eigenvalue weighted by atomic mass is 10.1. The molecule has 174 valence electrons. The molecule has 9 nitrogen and oxygen atoms in total. The van der Waals surface area contributed by atoms with Gasteiger partial charge in [-0.1, -0.05) is 25.4 Å². The van der Waals surface area contributed by atoms with Crippen LogP contribution in [-0.2, 0) is 4.84 Å². The van der Waals surface area contributed by atoms with Crippen LogP contribution >= 0.6 is 11.6 Å². The van der Waals surface area contributed by atoms with Crippen LogP contribution < -0.4 is 25.6 Å². The molecule has 1 heterocycles. The molecule has 1 aromatic heterocycles. The zero-order valence-corrected chi connectivity index (χ0v) is 19.4. The highest BCUT2D eigenvalue weighted by molar-refractivity contribution is 6.33. The van der Waals surface area contributed by atoms with Crippen molar-refractivity contribution in [3.8, 4) is 17.2 Å². The van der Waals surface area contributed by atoms with E-state index in [2.05, 4.69) is 21.1 Å². The number of fused-ring (bicyclic) bond motifs is 1. The summed E-state index contributed by atoms with van der Waals surface area (Å²) in [6, 6.07) is 9.45. The predicted molar refractivity (Wildman–Crippen MR) is 126 cm³/mol. The van der Waals surface area contributed by atoms with Gasteiger partial charge in [-0.05, 0) is 30.2 Å². The van der Waals surface area contributed by atoms with Gasteiger partial charge in [0.2, 0.25) is 0 Å². The second-order valence-electron chi connectivity index (χ2n) is 7.46.